The first kappa shape index (κ1) is 28.7. The molecule has 2 amide bonds. The third-order valence-electron chi connectivity index (χ3n) is 10.2. The van der Waals surface area contributed by atoms with Gasteiger partial charge in [0.05, 0.1) is 42.6 Å². The fraction of sp³-hybridized carbons (Fsp3) is 0.146. The largest absolute Gasteiger partial charge is 0.497 e. The third-order valence-corrected chi connectivity index (χ3v) is 10.2. The van der Waals surface area contributed by atoms with Gasteiger partial charge in [-0.3, -0.25) is 14.4 Å². The summed E-state index contributed by atoms with van der Waals surface area (Å²) in [5.74, 6) is -1.54. The molecule has 3 aliphatic rings. The van der Waals surface area contributed by atoms with Gasteiger partial charge in [-0.25, -0.2) is 4.90 Å². The van der Waals surface area contributed by atoms with Crippen LogP contribution in [0.1, 0.15) is 22.3 Å². The maximum absolute atomic E-state index is 16.0. The van der Waals surface area contributed by atoms with E-state index in [0.717, 1.165) is 22.3 Å². The van der Waals surface area contributed by atoms with Crippen LogP contribution in [-0.2, 0) is 25.2 Å². The highest BCUT2D eigenvalue weighted by Gasteiger charge is 2.82. The van der Waals surface area contributed by atoms with Crippen molar-refractivity contribution in [3.05, 3.63) is 162 Å². The SMILES string of the molecule is COc1ccc(C2=C(c3ccc(OC)cc3)[C@]3(c4ccccc4)C(=O)[C@@]2(c2ccccc2)[C@@H]2C(=O)N(c4ccccc4)C(=O)[C@@H]23)cc1. The van der Waals surface area contributed by atoms with Gasteiger partial charge in [0.25, 0.3) is 0 Å². The molecule has 47 heavy (non-hydrogen) atoms. The molecule has 8 rings (SSSR count). The minimum Gasteiger partial charge on any atom is -0.497 e. The highest BCUT2D eigenvalue weighted by molar-refractivity contribution is 6.39. The van der Waals surface area contributed by atoms with Gasteiger partial charge in [-0.15, -0.1) is 0 Å². The molecule has 0 aromatic heterocycles. The third kappa shape index (κ3) is 3.69. The lowest BCUT2D eigenvalue weighted by atomic mass is 9.59. The van der Waals surface area contributed by atoms with E-state index < -0.39 is 22.7 Å². The van der Waals surface area contributed by atoms with E-state index in [1.54, 1.807) is 26.4 Å². The number of amides is 2. The Morgan fingerprint density at radius 2 is 0.851 bits per heavy atom. The summed E-state index contributed by atoms with van der Waals surface area (Å²) in [6.07, 6.45) is 0. The number of rotatable bonds is 7. The molecule has 6 heteroatoms. The Bertz CT molecular complexity index is 1930. The number of ether oxygens (including phenoxy) is 2. The van der Waals surface area contributed by atoms with Crippen molar-refractivity contribution in [3.63, 3.8) is 0 Å². The zero-order valence-electron chi connectivity index (χ0n) is 25.9. The van der Waals surface area contributed by atoms with E-state index in [1.165, 1.54) is 4.90 Å². The Labute approximate surface area is 272 Å². The second-order valence-electron chi connectivity index (χ2n) is 12.2. The van der Waals surface area contributed by atoms with E-state index in [2.05, 4.69) is 0 Å². The Hall–Kier alpha value is -5.75. The predicted molar refractivity (Wildman–Crippen MR) is 180 cm³/mol. The number of imide groups is 1. The van der Waals surface area contributed by atoms with Crippen molar-refractivity contribution in [3.8, 4) is 11.5 Å². The monoisotopic (exact) mass is 617 g/mol. The summed E-state index contributed by atoms with van der Waals surface area (Å²) >= 11 is 0. The number of benzene rings is 5. The maximum atomic E-state index is 16.0. The Kier molecular flexibility index (Phi) is 6.51. The molecular weight excluding hydrogens is 586 g/mol. The number of anilines is 1. The highest BCUT2D eigenvalue weighted by atomic mass is 16.5. The topological polar surface area (TPSA) is 72.9 Å². The van der Waals surface area contributed by atoms with Gasteiger partial charge in [-0.1, -0.05) is 103 Å². The van der Waals surface area contributed by atoms with Crippen LogP contribution in [0.5, 0.6) is 11.5 Å². The lowest BCUT2D eigenvalue weighted by Gasteiger charge is -2.39. The molecule has 0 N–H and O–H groups in total. The summed E-state index contributed by atoms with van der Waals surface area (Å²) in [6, 6.07) is 43.3. The number of para-hydroxylation sites is 1. The van der Waals surface area contributed by atoms with Crippen molar-refractivity contribution in [1.82, 2.24) is 0 Å². The van der Waals surface area contributed by atoms with Crippen LogP contribution in [0.3, 0.4) is 0 Å². The van der Waals surface area contributed by atoms with Crippen molar-refractivity contribution in [2.75, 3.05) is 19.1 Å². The number of ketones is 1. The van der Waals surface area contributed by atoms with Crippen LogP contribution in [-0.4, -0.2) is 31.8 Å². The van der Waals surface area contributed by atoms with Crippen LogP contribution in [0.25, 0.3) is 11.1 Å². The molecule has 2 fully saturated rings. The normalized spacial score (nSPS) is 24.6. The highest BCUT2D eigenvalue weighted by Crippen LogP contribution is 2.74. The van der Waals surface area contributed by atoms with Crippen molar-refractivity contribution in [2.45, 2.75) is 10.8 Å². The first-order chi connectivity index (χ1) is 23.0. The molecule has 1 aliphatic heterocycles. The van der Waals surface area contributed by atoms with Crippen molar-refractivity contribution >= 4 is 34.4 Å². The number of methoxy groups -OCH3 is 2. The van der Waals surface area contributed by atoms with Crippen LogP contribution in [0, 0.1) is 11.8 Å². The first-order valence-electron chi connectivity index (χ1n) is 15.6. The van der Waals surface area contributed by atoms with E-state index in [9.17, 15) is 9.59 Å². The van der Waals surface area contributed by atoms with Gasteiger partial charge in [0, 0.05) is 0 Å². The molecule has 1 saturated carbocycles. The number of carbonyl (C=O) groups excluding carboxylic acids is 3. The summed E-state index contributed by atoms with van der Waals surface area (Å²) in [5, 5.41) is 0. The standard InChI is InChI=1S/C41H31NO5/c1-46-31-22-18-26(19-23-31)33-34(27-20-24-32(47-2)25-21-27)41(29-14-8-4-9-15-29)36-35(40(33,39(41)45)28-12-6-3-7-13-28)37(43)42(38(36)44)30-16-10-5-11-17-30/h3-25,35-36H,1-2H3/t35-,36+,40+,41-. The van der Waals surface area contributed by atoms with Crippen molar-refractivity contribution in [1.29, 1.82) is 0 Å². The van der Waals surface area contributed by atoms with E-state index >= 15 is 4.79 Å². The Balaban J connectivity index is 1.55. The molecule has 0 spiro atoms. The maximum Gasteiger partial charge on any atom is 0.239 e. The van der Waals surface area contributed by atoms with Gasteiger partial charge in [-0.05, 0) is 69.8 Å². The summed E-state index contributed by atoms with van der Waals surface area (Å²) in [7, 11) is 3.22. The van der Waals surface area contributed by atoms with Gasteiger partial charge >= 0.3 is 0 Å². The molecule has 5 aromatic rings. The number of carbonyl (C=O) groups is 3. The number of Topliss-reactive ketones (excluding diaryl/α,β-unsaturated/α-hetero) is 1. The van der Waals surface area contributed by atoms with Gasteiger partial charge in [0.2, 0.25) is 11.8 Å². The molecule has 4 atom stereocenters. The number of hydrogen-bond donors (Lipinski definition) is 0. The number of fused-ring (bicyclic) bond motifs is 5. The molecule has 2 aliphatic carbocycles. The fourth-order valence-corrected chi connectivity index (χ4v) is 8.47. The van der Waals surface area contributed by atoms with E-state index in [0.29, 0.717) is 28.3 Å². The van der Waals surface area contributed by atoms with E-state index in [4.69, 9.17) is 9.47 Å². The average molecular weight is 618 g/mol. The second-order valence-corrected chi connectivity index (χ2v) is 12.2. The minimum absolute atomic E-state index is 0.163. The fourth-order valence-electron chi connectivity index (χ4n) is 8.47. The molecule has 0 unspecified atom stereocenters. The number of nitrogens with zero attached hydrogens (tertiary/aromatic N) is 1. The summed E-state index contributed by atoms with van der Waals surface area (Å²) in [5.41, 5.74) is 1.93. The smallest absolute Gasteiger partial charge is 0.239 e. The second kappa shape index (κ2) is 10.7. The Morgan fingerprint density at radius 1 is 0.489 bits per heavy atom. The number of allylic oxidation sites excluding steroid dienone is 2. The summed E-state index contributed by atoms with van der Waals surface area (Å²) in [6.45, 7) is 0. The molecule has 1 saturated heterocycles. The van der Waals surface area contributed by atoms with Gasteiger partial charge in [0.15, 0.2) is 5.78 Å². The number of hydrogen-bond acceptors (Lipinski definition) is 5. The van der Waals surface area contributed by atoms with Gasteiger partial charge in [0.1, 0.15) is 11.5 Å². The van der Waals surface area contributed by atoms with E-state index in [-0.39, 0.29) is 17.6 Å². The first-order valence-corrected chi connectivity index (χ1v) is 15.6. The zero-order chi connectivity index (χ0) is 32.3. The molecule has 6 nitrogen and oxygen atoms in total. The lowest BCUT2D eigenvalue weighted by molar-refractivity contribution is -0.130. The van der Waals surface area contributed by atoms with Crippen LogP contribution >= 0.6 is 0 Å². The molecule has 0 radical (unpaired) electrons. The van der Waals surface area contributed by atoms with E-state index in [1.807, 2.05) is 127 Å². The summed E-state index contributed by atoms with van der Waals surface area (Å²) < 4.78 is 11.0. The quantitative estimate of drug-likeness (QED) is 0.186. The van der Waals surface area contributed by atoms with Crippen molar-refractivity contribution in [2.24, 2.45) is 11.8 Å². The van der Waals surface area contributed by atoms with Crippen LogP contribution in [0.4, 0.5) is 5.69 Å². The van der Waals surface area contributed by atoms with Crippen LogP contribution in [0.2, 0.25) is 0 Å². The predicted octanol–water partition coefficient (Wildman–Crippen LogP) is 6.89. The van der Waals surface area contributed by atoms with Gasteiger partial charge in [-0.2, -0.15) is 0 Å². The average Bonchev–Trinajstić information content (AvgIpc) is 3.64. The van der Waals surface area contributed by atoms with Crippen molar-refractivity contribution < 1.29 is 23.9 Å². The zero-order valence-corrected chi connectivity index (χ0v) is 25.9. The minimum atomic E-state index is -1.47. The molecule has 5 aromatic carbocycles. The molecule has 1 heterocycles. The molecular formula is C41H31NO5. The van der Waals surface area contributed by atoms with Gasteiger partial charge < -0.3 is 9.47 Å². The Morgan fingerprint density at radius 3 is 1.21 bits per heavy atom. The molecule has 230 valence electrons. The van der Waals surface area contributed by atoms with Crippen LogP contribution in [0.15, 0.2) is 140 Å². The summed E-state index contributed by atoms with van der Waals surface area (Å²) in [4.78, 5) is 47.2. The lowest BCUT2D eigenvalue weighted by Crippen LogP contribution is -2.45. The molecule has 2 bridgehead atoms. The van der Waals surface area contributed by atoms with Crippen LogP contribution < -0.4 is 14.4 Å².